The fraction of sp³-hybridized carbons (Fsp3) is 0.875. The van der Waals surface area contributed by atoms with Gasteiger partial charge in [-0.25, -0.2) is 9.59 Å². The Morgan fingerprint density at radius 3 is 1.07 bits per heavy atom. The van der Waals surface area contributed by atoms with Crippen LogP contribution in [0, 0.1) is 0 Å². The van der Waals surface area contributed by atoms with Crippen molar-refractivity contribution in [3.63, 3.8) is 0 Å². The Bertz CT molecular complexity index is 488. The van der Waals surface area contributed by atoms with E-state index in [2.05, 4.69) is 4.90 Å². The minimum absolute atomic E-state index is 0.506. The molecule has 3 aliphatic carbocycles. The molecule has 3 rings (SSSR count). The van der Waals surface area contributed by atoms with E-state index in [9.17, 15) is 26.3 Å². The van der Waals surface area contributed by atoms with E-state index in [1.54, 1.807) is 0 Å². The zero-order valence-corrected chi connectivity index (χ0v) is 15.0. The minimum Gasteiger partial charge on any atom is -0.475 e. The van der Waals surface area contributed by atoms with Crippen LogP contribution in [0.5, 0.6) is 0 Å². The first-order valence-corrected chi connectivity index (χ1v) is 8.86. The minimum atomic E-state index is -5.08. The van der Waals surface area contributed by atoms with Gasteiger partial charge in [0.05, 0.1) is 0 Å². The van der Waals surface area contributed by atoms with Crippen molar-refractivity contribution in [3.8, 4) is 0 Å². The third-order valence-corrected chi connectivity index (χ3v) is 4.59. The van der Waals surface area contributed by atoms with Crippen LogP contribution in [0.25, 0.3) is 0 Å². The van der Waals surface area contributed by atoms with Crippen molar-refractivity contribution in [1.82, 2.24) is 4.90 Å². The summed E-state index contributed by atoms with van der Waals surface area (Å²) in [6, 6.07) is 3.35. The molecule has 6 nitrogen and oxygen atoms in total. The SMILES string of the molecule is NC1CCC(N(C2CC2)C2CC2)CC1.O=C(O)C(F)(F)F.O=C(O)C(F)(F)F. The molecule has 0 aromatic carbocycles. The molecule has 164 valence electrons. The molecular weight excluding hydrogens is 398 g/mol. The van der Waals surface area contributed by atoms with Gasteiger partial charge in [0.15, 0.2) is 0 Å². The highest BCUT2D eigenvalue weighted by Gasteiger charge is 2.43. The van der Waals surface area contributed by atoms with Crippen LogP contribution in [0.4, 0.5) is 26.3 Å². The average Bonchev–Trinajstić information content (AvgIpc) is 3.44. The zero-order valence-electron chi connectivity index (χ0n) is 15.0. The molecule has 0 atom stereocenters. The van der Waals surface area contributed by atoms with Gasteiger partial charge < -0.3 is 15.9 Å². The first-order valence-electron chi connectivity index (χ1n) is 8.86. The average molecular weight is 422 g/mol. The number of nitrogens with zero attached hydrogens (tertiary/aromatic N) is 1. The van der Waals surface area contributed by atoms with Crippen molar-refractivity contribution in [2.75, 3.05) is 0 Å². The van der Waals surface area contributed by atoms with E-state index in [1.807, 2.05) is 0 Å². The van der Waals surface area contributed by atoms with Crippen LogP contribution in [-0.4, -0.2) is 63.6 Å². The van der Waals surface area contributed by atoms with Gasteiger partial charge in [0.1, 0.15) is 0 Å². The van der Waals surface area contributed by atoms with Crippen molar-refractivity contribution < 1.29 is 46.1 Å². The summed E-state index contributed by atoms with van der Waals surface area (Å²) in [6.07, 6.45) is 0.986. The predicted octanol–water partition coefficient (Wildman–Crippen LogP) is 3.15. The molecule has 3 aliphatic rings. The van der Waals surface area contributed by atoms with Gasteiger partial charge in [-0.2, -0.15) is 26.3 Å². The fourth-order valence-electron chi connectivity index (χ4n) is 3.04. The molecule has 0 aromatic rings. The van der Waals surface area contributed by atoms with Crippen LogP contribution < -0.4 is 5.73 Å². The lowest BCUT2D eigenvalue weighted by molar-refractivity contribution is -0.193. The number of halogens is 6. The second kappa shape index (κ2) is 9.77. The second-order valence-corrected chi connectivity index (χ2v) is 7.08. The molecule has 0 spiro atoms. The Balaban J connectivity index is 0.000000240. The number of carbonyl (C=O) groups is 2. The molecule has 0 radical (unpaired) electrons. The molecule has 3 saturated carbocycles. The number of hydrogen-bond acceptors (Lipinski definition) is 4. The number of carboxylic acid groups (broad SMARTS) is 2. The molecule has 4 N–H and O–H groups in total. The number of nitrogens with two attached hydrogens (primary N) is 1. The zero-order chi connectivity index (χ0) is 21.7. The summed E-state index contributed by atoms with van der Waals surface area (Å²) in [5.41, 5.74) is 5.96. The number of aliphatic carboxylic acids is 2. The van der Waals surface area contributed by atoms with Gasteiger partial charge in [0, 0.05) is 24.2 Å². The van der Waals surface area contributed by atoms with E-state index in [1.165, 1.54) is 51.4 Å². The Morgan fingerprint density at radius 1 is 0.679 bits per heavy atom. The van der Waals surface area contributed by atoms with E-state index >= 15 is 0 Å². The van der Waals surface area contributed by atoms with Gasteiger partial charge in [0.2, 0.25) is 0 Å². The highest BCUT2D eigenvalue weighted by atomic mass is 19.4. The maximum Gasteiger partial charge on any atom is 0.490 e. The van der Waals surface area contributed by atoms with E-state index in [4.69, 9.17) is 25.5 Å². The Kier molecular flexibility index (Phi) is 8.54. The predicted molar refractivity (Wildman–Crippen MR) is 85.5 cm³/mol. The number of carboxylic acids is 2. The quantitative estimate of drug-likeness (QED) is 0.604. The molecule has 0 heterocycles. The highest BCUT2D eigenvalue weighted by molar-refractivity contribution is 5.73. The molecule has 3 fully saturated rings. The van der Waals surface area contributed by atoms with Crippen molar-refractivity contribution in [2.24, 2.45) is 5.73 Å². The summed E-state index contributed by atoms with van der Waals surface area (Å²) in [5.74, 6) is -5.51. The number of rotatable bonds is 3. The lowest BCUT2D eigenvalue weighted by Gasteiger charge is -2.36. The van der Waals surface area contributed by atoms with Crippen molar-refractivity contribution in [1.29, 1.82) is 0 Å². The summed E-state index contributed by atoms with van der Waals surface area (Å²) in [7, 11) is 0. The summed E-state index contributed by atoms with van der Waals surface area (Å²) in [4.78, 5) is 20.7. The molecule has 0 amide bonds. The number of alkyl halides is 6. The molecule has 0 bridgehead atoms. The normalized spacial score (nSPS) is 25.1. The Morgan fingerprint density at radius 2 is 0.893 bits per heavy atom. The maximum absolute atomic E-state index is 10.6. The second-order valence-electron chi connectivity index (χ2n) is 7.08. The van der Waals surface area contributed by atoms with Gasteiger partial charge in [-0.3, -0.25) is 4.90 Å². The van der Waals surface area contributed by atoms with Crippen molar-refractivity contribution in [3.05, 3.63) is 0 Å². The van der Waals surface area contributed by atoms with Crippen LogP contribution in [0.15, 0.2) is 0 Å². The smallest absolute Gasteiger partial charge is 0.475 e. The molecule has 0 unspecified atom stereocenters. The monoisotopic (exact) mass is 422 g/mol. The van der Waals surface area contributed by atoms with Crippen LogP contribution in [0.2, 0.25) is 0 Å². The maximum atomic E-state index is 10.6. The van der Waals surface area contributed by atoms with Gasteiger partial charge in [0.25, 0.3) is 0 Å². The van der Waals surface area contributed by atoms with Crippen LogP contribution in [-0.2, 0) is 9.59 Å². The summed E-state index contributed by atoms with van der Waals surface area (Å²) >= 11 is 0. The topological polar surface area (TPSA) is 104 Å². The molecular formula is C16H24F6N2O4. The van der Waals surface area contributed by atoms with Gasteiger partial charge in [-0.1, -0.05) is 0 Å². The Labute approximate surface area is 157 Å². The molecule has 28 heavy (non-hydrogen) atoms. The van der Waals surface area contributed by atoms with Crippen LogP contribution in [0.3, 0.4) is 0 Å². The largest absolute Gasteiger partial charge is 0.490 e. The van der Waals surface area contributed by atoms with E-state index < -0.39 is 24.3 Å². The Hall–Kier alpha value is -1.56. The first kappa shape index (κ1) is 24.5. The fourth-order valence-corrected chi connectivity index (χ4v) is 3.04. The van der Waals surface area contributed by atoms with Crippen LogP contribution in [0.1, 0.15) is 51.4 Å². The third-order valence-electron chi connectivity index (χ3n) is 4.59. The lowest BCUT2D eigenvalue weighted by Crippen LogP contribution is -2.43. The number of hydrogen-bond donors (Lipinski definition) is 3. The molecule has 0 aliphatic heterocycles. The van der Waals surface area contributed by atoms with Crippen molar-refractivity contribution >= 4 is 11.9 Å². The van der Waals surface area contributed by atoms with Crippen LogP contribution >= 0.6 is 0 Å². The third kappa shape index (κ3) is 9.09. The summed E-state index contributed by atoms with van der Waals surface area (Å²) in [6.45, 7) is 0. The molecule has 0 saturated heterocycles. The highest BCUT2D eigenvalue weighted by Crippen LogP contribution is 2.41. The lowest BCUT2D eigenvalue weighted by atomic mass is 9.90. The van der Waals surface area contributed by atoms with Gasteiger partial charge >= 0.3 is 24.3 Å². The standard InChI is InChI=1S/C12H22N2.2C2HF3O2/c13-9-1-3-10(4-2-9)14(11-5-6-11)12-7-8-12;2*3-2(4,5)1(6)7/h9-12H,1-8,13H2;2*(H,6,7). The van der Waals surface area contributed by atoms with E-state index in [-0.39, 0.29) is 0 Å². The van der Waals surface area contributed by atoms with Gasteiger partial charge in [-0.05, 0) is 51.4 Å². The summed E-state index contributed by atoms with van der Waals surface area (Å²) < 4.78 is 63.5. The first-order chi connectivity index (χ1) is 12.7. The molecule has 12 heteroatoms. The van der Waals surface area contributed by atoms with Crippen molar-refractivity contribution in [2.45, 2.75) is 87.9 Å². The van der Waals surface area contributed by atoms with E-state index in [0.717, 1.165) is 18.1 Å². The van der Waals surface area contributed by atoms with Gasteiger partial charge in [-0.15, -0.1) is 0 Å². The molecule has 0 aromatic heterocycles. The summed E-state index contributed by atoms with van der Waals surface area (Å²) in [5, 5.41) is 14.2. The van der Waals surface area contributed by atoms with E-state index in [0.29, 0.717) is 6.04 Å².